The summed E-state index contributed by atoms with van der Waals surface area (Å²) in [6, 6.07) is 7.63. The highest BCUT2D eigenvalue weighted by Gasteiger charge is 2.18. The molecular formula is C20H27N3O2. The first-order valence-electron chi connectivity index (χ1n) is 9.08. The summed E-state index contributed by atoms with van der Waals surface area (Å²) in [5, 5.41) is 13.9. The molecule has 2 aromatic rings. The Kier molecular flexibility index (Phi) is 5.53. The van der Waals surface area contributed by atoms with E-state index in [2.05, 4.69) is 15.3 Å². The normalized spacial score (nSPS) is 14.9. The molecular weight excluding hydrogens is 314 g/mol. The van der Waals surface area contributed by atoms with Gasteiger partial charge in [-0.15, -0.1) is 0 Å². The molecule has 0 aliphatic heterocycles. The van der Waals surface area contributed by atoms with E-state index in [-0.39, 0.29) is 6.10 Å². The second-order valence-corrected chi connectivity index (χ2v) is 6.89. The number of hydrogen-bond donors (Lipinski definition) is 2. The lowest BCUT2D eigenvalue weighted by atomic mass is 9.96. The number of nitrogens with zero attached hydrogens (tertiary/aromatic N) is 2. The third-order valence-corrected chi connectivity index (χ3v) is 4.37. The van der Waals surface area contributed by atoms with Crippen molar-refractivity contribution in [1.82, 2.24) is 9.97 Å². The van der Waals surface area contributed by atoms with E-state index in [1.165, 1.54) is 18.4 Å². The van der Waals surface area contributed by atoms with Crippen molar-refractivity contribution < 1.29 is 9.84 Å². The molecule has 5 nitrogen and oxygen atoms in total. The molecule has 0 spiro atoms. The van der Waals surface area contributed by atoms with Crippen molar-refractivity contribution in [2.45, 2.75) is 58.7 Å². The topological polar surface area (TPSA) is 67.3 Å². The Morgan fingerprint density at radius 3 is 2.80 bits per heavy atom. The van der Waals surface area contributed by atoms with Gasteiger partial charge in [0.25, 0.3) is 0 Å². The Balaban J connectivity index is 1.70. The molecule has 0 amide bonds. The van der Waals surface area contributed by atoms with Crippen molar-refractivity contribution in [1.29, 1.82) is 0 Å². The zero-order chi connectivity index (χ0) is 17.8. The SMILES string of the molecule is Cc1nc2c(c(NCC(O)c3cccc(OC(C)C)c3)n1)CCCC2. The number of hydrogen-bond acceptors (Lipinski definition) is 5. The molecule has 0 bridgehead atoms. The molecule has 0 saturated carbocycles. The molecule has 1 heterocycles. The van der Waals surface area contributed by atoms with Gasteiger partial charge in [-0.3, -0.25) is 0 Å². The minimum Gasteiger partial charge on any atom is -0.491 e. The van der Waals surface area contributed by atoms with E-state index in [0.717, 1.165) is 41.5 Å². The standard InChI is InChI=1S/C20H27N3O2/c1-13(2)25-16-8-6-7-15(11-16)19(24)12-21-20-17-9-4-5-10-18(17)22-14(3)23-20/h6-8,11,13,19,24H,4-5,9-10,12H2,1-3H3,(H,21,22,23). The molecule has 1 unspecified atom stereocenters. The Labute approximate surface area is 149 Å². The number of anilines is 1. The Morgan fingerprint density at radius 2 is 2.00 bits per heavy atom. The van der Waals surface area contributed by atoms with Gasteiger partial charge in [-0.05, 0) is 64.2 Å². The second kappa shape index (κ2) is 7.83. The van der Waals surface area contributed by atoms with Gasteiger partial charge in [0.05, 0.1) is 12.2 Å². The van der Waals surface area contributed by atoms with Crippen LogP contribution in [0.15, 0.2) is 24.3 Å². The van der Waals surface area contributed by atoms with E-state index < -0.39 is 6.10 Å². The maximum Gasteiger partial charge on any atom is 0.133 e. The molecule has 2 N–H and O–H groups in total. The van der Waals surface area contributed by atoms with Crippen molar-refractivity contribution in [3.63, 3.8) is 0 Å². The highest BCUT2D eigenvalue weighted by molar-refractivity contribution is 5.48. The van der Waals surface area contributed by atoms with Gasteiger partial charge in [0, 0.05) is 17.8 Å². The van der Waals surface area contributed by atoms with Crippen LogP contribution in [-0.2, 0) is 12.8 Å². The van der Waals surface area contributed by atoms with Crippen LogP contribution in [0.2, 0.25) is 0 Å². The fraction of sp³-hybridized carbons (Fsp3) is 0.500. The van der Waals surface area contributed by atoms with Crippen molar-refractivity contribution in [2.24, 2.45) is 0 Å². The molecule has 0 saturated heterocycles. The number of rotatable bonds is 6. The number of fused-ring (bicyclic) bond motifs is 1. The van der Waals surface area contributed by atoms with Crippen LogP contribution in [-0.4, -0.2) is 27.7 Å². The first-order valence-corrected chi connectivity index (χ1v) is 9.08. The van der Waals surface area contributed by atoms with Crippen LogP contribution in [0.25, 0.3) is 0 Å². The van der Waals surface area contributed by atoms with Crippen LogP contribution in [0.1, 0.15) is 55.4 Å². The second-order valence-electron chi connectivity index (χ2n) is 6.89. The lowest BCUT2D eigenvalue weighted by molar-refractivity contribution is 0.189. The molecule has 1 atom stereocenters. The molecule has 0 fully saturated rings. The number of ether oxygens (including phenoxy) is 1. The largest absolute Gasteiger partial charge is 0.491 e. The Morgan fingerprint density at radius 1 is 1.20 bits per heavy atom. The summed E-state index contributed by atoms with van der Waals surface area (Å²) < 4.78 is 5.71. The summed E-state index contributed by atoms with van der Waals surface area (Å²) in [6.07, 6.45) is 3.88. The van der Waals surface area contributed by atoms with Crippen LogP contribution in [0.3, 0.4) is 0 Å². The maximum atomic E-state index is 10.6. The molecule has 25 heavy (non-hydrogen) atoms. The van der Waals surface area contributed by atoms with Crippen LogP contribution in [0.4, 0.5) is 5.82 Å². The van der Waals surface area contributed by atoms with Crippen molar-refractivity contribution in [3.05, 3.63) is 46.9 Å². The van der Waals surface area contributed by atoms with Gasteiger partial charge < -0.3 is 15.2 Å². The predicted octanol–water partition coefficient (Wildman–Crippen LogP) is 3.60. The highest BCUT2D eigenvalue weighted by atomic mass is 16.5. The minimum absolute atomic E-state index is 0.112. The van der Waals surface area contributed by atoms with Crippen LogP contribution in [0.5, 0.6) is 5.75 Å². The fourth-order valence-corrected chi connectivity index (χ4v) is 3.24. The molecule has 1 aliphatic carbocycles. The van der Waals surface area contributed by atoms with Gasteiger partial charge >= 0.3 is 0 Å². The van der Waals surface area contributed by atoms with Crippen LogP contribution >= 0.6 is 0 Å². The third kappa shape index (κ3) is 4.48. The van der Waals surface area contributed by atoms with E-state index in [4.69, 9.17) is 4.74 Å². The summed E-state index contributed by atoms with van der Waals surface area (Å²) in [5.41, 5.74) is 3.20. The fourth-order valence-electron chi connectivity index (χ4n) is 3.24. The lowest BCUT2D eigenvalue weighted by Crippen LogP contribution is -2.18. The molecule has 5 heteroatoms. The van der Waals surface area contributed by atoms with Gasteiger partial charge in [-0.25, -0.2) is 9.97 Å². The zero-order valence-corrected chi connectivity index (χ0v) is 15.2. The zero-order valence-electron chi connectivity index (χ0n) is 15.2. The molecule has 134 valence electrons. The number of aromatic nitrogens is 2. The molecule has 0 radical (unpaired) electrons. The maximum absolute atomic E-state index is 10.6. The van der Waals surface area contributed by atoms with Gasteiger partial charge in [0.2, 0.25) is 0 Å². The van der Waals surface area contributed by atoms with E-state index in [0.29, 0.717) is 6.54 Å². The summed E-state index contributed by atoms with van der Waals surface area (Å²) in [4.78, 5) is 9.12. The summed E-state index contributed by atoms with van der Waals surface area (Å²) in [5.74, 6) is 2.43. The summed E-state index contributed by atoms with van der Waals surface area (Å²) in [7, 11) is 0. The first-order chi connectivity index (χ1) is 12.0. The smallest absolute Gasteiger partial charge is 0.133 e. The summed E-state index contributed by atoms with van der Waals surface area (Å²) in [6.45, 7) is 6.31. The molecule has 1 aromatic carbocycles. The molecule has 1 aromatic heterocycles. The van der Waals surface area contributed by atoms with Crippen molar-refractivity contribution in [2.75, 3.05) is 11.9 Å². The van der Waals surface area contributed by atoms with Gasteiger partial charge in [-0.1, -0.05) is 12.1 Å². The van der Waals surface area contributed by atoms with E-state index in [9.17, 15) is 5.11 Å². The predicted molar refractivity (Wildman–Crippen MR) is 99.1 cm³/mol. The van der Waals surface area contributed by atoms with Gasteiger partial charge in [0.15, 0.2) is 0 Å². The average molecular weight is 341 g/mol. The Hall–Kier alpha value is -2.14. The Bertz CT molecular complexity index is 731. The van der Waals surface area contributed by atoms with Crippen molar-refractivity contribution >= 4 is 5.82 Å². The van der Waals surface area contributed by atoms with Gasteiger partial charge in [0.1, 0.15) is 17.4 Å². The average Bonchev–Trinajstić information content (AvgIpc) is 2.59. The quantitative estimate of drug-likeness (QED) is 0.840. The lowest BCUT2D eigenvalue weighted by Gasteiger charge is -2.20. The number of benzene rings is 1. The summed E-state index contributed by atoms with van der Waals surface area (Å²) >= 11 is 0. The first kappa shape index (κ1) is 17.7. The van der Waals surface area contributed by atoms with E-state index in [1.54, 1.807) is 0 Å². The van der Waals surface area contributed by atoms with Crippen LogP contribution < -0.4 is 10.1 Å². The molecule has 1 aliphatic rings. The number of aryl methyl sites for hydroxylation is 2. The number of aliphatic hydroxyl groups excluding tert-OH is 1. The van der Waals surface area contributed by atoms with Crippen LogP contribution in [0, 0.1) is 6.92 Å². The minimum atomic E-state index is -0.620. The van der Waals surface area contributed by atoms with E-state index in [1.807, 2.05) is 45.0 Å². The van der Waals surface area contributed by atoms with E-state index >= 15 is 0 Å². The highest BCUT2D eigenvalue weighted by Crippen LogP contribution is 2.26. The third-order valence-electron chi connectivity index (χ3n) is 4.37. The number of aliphatic hydroxyl groups is 1. The van der Waals surface area contributed by atoms with Gasteiger partial charge in [-0.2, -0.15) is 0 Å². The van der Waals surface area contributed by atoms with Crippen molar-refractivity contribution in [3.8, 4) is 5.75 Å². The monoisotopic (exact) mass is 341 g/mol. The molecule has 3 rings (SSSR count). The number of nitrogens with one attached hydrogen (secondary N) is 1.